The summed E-state index contributed by atoms with van der Waals surface area (Å²) in [7, 11) is 1.36. The number of H-pyrrole nitrogens is 1. The van der Waals surface area contributed by atoms with Gasteiger partial charge in [-0.2, -0.15) is 5.10 Å². The molecule has 4 nitrogen and oxygen atoms in total. The molecule has 0 saturated heterocycles. The Hall–Kier alpha value is -1.55. The van der Waals surface area contributed by atoms with Crippen molar-refractivity contribution < 1.29 is 9.53 Å². The molecule has 2 rings (SSSR count). The maximum absolute atomic E-state index is 11.4. The summed E-state index contributed by atoms with van der Waals surface area (Å²) in [5.41, 5.74) is 2.11. The summed E-state index contributed by atoms with van der Waals surface area (Å²) in [5.74, 6) is -0.359. The van der Waals surface area contributed by atoms with Crippen LogP contribution in [0.3, 0.4) is 0 Å². The number of hydrogen-bond donors (Lipinski definition) is 1. The molecule has 0 fully saturated rings. The maximum atomic E-state index is 11.4. The molecule has 0 saturated carbocycles. The predicted octanol–water partition coefficient (Wildman–Crippen LogP) is 2.08. The highest BCUT2D eigenvalue weighted by Gasteiger charge is 2.12. The van der Waals surface area contributed by atoms with Gasteiger partial charge in [-0.25, -0.2) is 4.79 Å². The molecule has 15 heavy (non-hydrogen) atoms. The van der Waals surface area contributed by atoms with E-state index in [1.807, 2.05) is 19.1 Å². The van der Waals surface area contributed by atoms with Gasteiger partial charge in [0.05, 0.1) is 12.7 Å². The van der Waals surface area contributed by atoms with Crippen LogP contribution in [0.2, 0.25) is 0 Å². The van der Waals surface area contributed by atoms with Gasteiger partial charge in [-0.3, -0.25) is 5.10 Å². The number of nitrogens with zero attached hydrogens (tertiary/aromatic N) is 1. The Morgan fingerprint density at radius 2 is 2.20 bits per heavy atom. The average molecular weight is 227 g/mol. The number of methoxy groups -OCH3 is 1. The molecule has 0 aliphatic rings. The molecule has 0 spiro atoms. The Balaban J connectivity index is 0.00000112. The van der Waals surface area contributed by atoms with Gasteiger partial charge >= 0.3 is 5.97 Å². The summed E-state index contributed by atoms with van der Waals surface area (Å²) in [6.45, 7) is 1.91. The molecule has 0 bridgehead atoms. The average Bonchev–Trinajstić information content (AvgIpc) is 2.59. The Bertz CT molecular complexity index is 493. The van der Waals surface area contributed by atoms with Crippen molar-refractivity contribution in [1.82, 2.24) is 10.2 Å². The minimum absolute atomic E-state index is 0. The monoisotopic (exact) mass is 226 g/mol. The zero-order chi connectivity index (χ0) is 10.1. The van der Waals surface area contributed by atoms with Crippen molar-refractivity contribution in [3.63, 3.8) is 0 Å². The SMILES string of the molecule is COC(=O)c1cccc2c(C)[nH]nc12.Cl. The van der Waals surface area contributed by atoms with E-state index in [1.54, 1.807) is 6.07 Å². The van der Waals surface area contributed by atoms with Crippen LogP contribution in [-0.4, -0.2) is 23.3 Å². The highest BCUT2D eigenvalue weighted by molar-refractivity contribution is 6.03. The van der Waals surface area contributed by atoms with Gasteiger partial charge < -0.3 is 4.74 Å². The molecule has 1 heterocycles. The molecular formula is C10H11ClN2O2. The third-order valence-electron chi connectivity index (χ3n) is 2.18. The number of esters is 1. The van der Waals surface area contributed by atoms with E-state index in [2.05, 4.69) is 14.9 Å². The minimum Gasteiger partial charge on any atom is -0.465 e. The molecule has 80 valence electrons. The molecule has 0 atom stereocenters. The summed E-state index contributed by atoms with van der Waals surface area (Å²) in [6.07, 6.45) is 0. The summed E-state index contributed by atoms with van der Waals surface area (Å²) in [5, 5.41) is 7.85. The number of aromatic amines is 1. The molecule has 1 N–H and O–H groups in total. The normalized spacial score (nSPS) is 9.73. The van der Waals surface area contributed by atoms with Gasteiger partial charge in [0, 0.05) is 11.1 Å². The fourth-order valence-electron chi connectivity index (χ4n) is 1.44. The van der Waals surface area contributed by atoms with Crippen molar-refractivity contribution in [2.75, 3.05) is 7.11 Å². The number of aromatic nitrogens is 2. The summed E-state index contributed by atoms with van der Waals surface area (Å²) < 4.78 is 4.66. The summed E-state index contributed by atoms with van der Waals surface area (Å²) >= 11 is 0. The quantitative estimate of drug-likeness (QED) is 0.758. The van der Waals surface area contributed by atoms with Crippen molar-refractivity contribution in [2.45, 2.75) is 6.92 Å². The van der Waals surface area contributed by atoms with E-state index < -0.39 is 0 Å². The van der Waals surface area contributed by atoms with E-state index in [0.717, 1.165) is 11.1 Å². The molecule has 2 aromatic rings. The zero-order valence-electron chi connectivity index (χ0n) is 8.40. The first-order valence-corrected chi connectivity index (χ1v) is 4.26. The highest BCUT2D eigenvalue weighted by Crippen LogP contribution is 2.19. The van der Waals surface area contributed by atoms with Crippen molar-refractivity contribution in [3.05, 3.63) is 29.5 Å². The van der Waals surface area contributed by atoms with Gasteiger partial charge in [-0.1, -0.05) is 12.1 Å². The molecule has 0 aliphatic heterocycles. The molecule has 5 heteroatoms. The standard InChI is InChI=1S/C10H10N2O2.ClH/c1-6-7-4-3-5-8(10(13)14-2)9(7)12-11-6;/h3-5H,1-2H3,(H,11,12);1H. The van der Waals surface area contributed by atoms with Crippen LogP contribution >= 0.6 is 12.4 Å². The highest BCUT2D eigenvalue weighted by atomic mass is 35.5. The van der Waals surface area contributed by atoms with Crippen LogP contribution in [0.25, 0.3) is 10.9 Å². The van der Waals surface area contributed by atoms with Gasteiger partial charge in [0.15, 0.2) is 0 Å². The van der Waals surface area contributed by atoms with Crippen LogP contribution in [0.4, 0.5) is 0 Å². The number of para-hydroxylation sites is 1. The lowest BCUT2D eigenvalue weighted by Crippen LogP contribution is -2.01. The van der Waals surface area contributed by atoms with Crippen LogP contribution in [0.5, 0.6) is 0 Å². The Kier molecular flexibility index (Phi) is 3.31. The smallest absolute Gasteiger partial charge is 0.340 e. The second-order valence-corrected chi connectivity index (χ2v) is 3.04. The number of fused-ring (bicyclic) bond motifs is 1. The Morgan fingerprint density at radius 1 is 1.47 bits per heavy atom. The second-order valence-electron chi connectivity index (χ2n) is 3.04. The lowest BCUT2D eigenvalue weighted by molar-refractivity contribution is 0.0603. The Morgan fingerprint density at radius 3 is 2.87 bits per heavy atom. The molecule has 0 radical (unpaired) electrons. The number of carbonyl (C=O) groups excluding carboxylic acids is 1. The lowest BCUT2D eigenvalue weighted by atomic mass is 10.1. The van der Waals surface area contributed by atoms with Crippen LogP contribution in [0.15, 0.2) is 18.2 Å². The van der Waals surface area contributed by atoms with Crippen molar-refractivity contribution in [2.24, 2.45) is 0 Å². The molecule has 1 aromatic carbocycles. The minimum atomic E-state index is -0.359. The number of benzene rings is 1. The number of ether oxygens (including phenoxy) is 1. The molecule has 0 aliphatic carbocycles. The van der Waals surface area contributed by atoms with Crippen molar-refractivity contribution >= 4 is 29.3 Å². The second kappa shape index (κ2) is 4.31. The number of carbonyl (C=O) groups is 1. The van der Waals surface area contributed by atoms with E-state index in [4.69, 9.17) is 0 Å². The molecule has 1 aromatic heterocycles. The van der Waals surface area contributed by atoms with Gasteiger partial charge in [-0.05, 0) is 13.0 Å². The van der Waals surface area contributed by atoms with E-state index in [1.165, 1.54) is 7.11 Å². The number of aryl methyl sites for hydroxylation is 1. The van der Waals surface area contributed by atoms with E-state index in [0.29, 0.717) is 11.1 Å². The van der Waals surface area contributed by atoms with E-state index in [9.17, 15) is 4.79 Å². The Labute approximate surface area is 93.0 Å². The van der Waals surface area contributed by atoms with E-state index in [-0.39, 0.29) is 18.4 Å². The predicted molar refractivity (Wildman–Crippen MR) is 59.4 cm³/mol. The third kappa shape index (κ3) is 1.80. The first kappa shape index (κ1) is 11.5. The number of nitrogens with one attached hydrogen (secondary N) is 1. The molecule has 0 unspecified atom stereocenters. The summed E-state index contributed by atoms with van der Waals surface area (Å²) in [4.78, 5) is 11.4. The number of hydrogen-bond acceptors (Lipinski definition) is 3. The molecular weight excluding hydrogens is 216 g/mol. The van der Waals surface area contributed by atoms with Crippen LogP contribution < -0.4 is 0 Å². The van der Waals surface area contributed by atoms with Crippen molar-refractivity contribution in [1.29, 1.82) is 0 Å². The fraction of sp³-hybridized carbons (Fsp3) is 0.200. The third-order valence-corrected chi connectivity index (χ3v) is 2.18. The van der Waals surface area contributed by atoms with Crippen LogP contribution in [-0.2, 0) is 4.74 Å². The fourth-order valence-corrected chi connectivity index (χ4v) is 1.44. The summed E-state index contributed by atoms with van der Waals surface area (Å²) in [6, 6.07) is 5.44. The van der Waals surface area contributed by atoms with Crippen LogP contribution in [0, 0.1) is 6.92 Å². The number of halogens is 1. The van der Waals surface area contributed by atoms with Gasteiger partial charge in [0.2, 0.25) is 0 Å². The maximum Gasteiger partial charge on any atom is 0.340 e. The zero-order valence-corrected chi connectivity index (χ0v) is 9.22. The topological polar surface area (TPSA) is 55.0 Å². The van der Waals surface area contributed by atoms with Gasteiger partial charge in [0.25, 0.3) is 0 Å². The molecule has 0 amide bonds. The first-order chi connectivity index (χ1) is 6.74. The number of rotatable bonds is 1. The lowest BCUT2D eigenvalue weighted by Gasteiger charge is -1.98. The van der Waals surface area contributed by atoms with E-state index >= 15 is 0 Å². The van der Waals surface area contributed by atoms with Gasteiger partial charge in [-0.15, -0.1) is 12.4 Å². The van der Waals surface area contributed by atoms with Crippen molar-refractivity contribution in [3.8, 4) is 0 Å². The van der Waals surface area contributed by atoms with Gasteiger partial charge in [0.1, 0.15) is 5.52 Å². The first-order valence-electron chi connectivity index (χ1n) is 4.26. The largest absolute Gasteiger partial charge is 0.465 e. The van der Waals surface area contributed by atoms with Crippen LogP contribution in [0.1, 0.15) is 16.1 Å².